The maximum atomic E-state index is 12.6. The second-order valence-corrected chi connectivity index (χ2v) is 6.95. The summed E-state index contributed by atoms with van der Waals surface area (Å²) in [6, 6.07) is 11.0. The molecule has 0 unspecified atom stereocenters. The van der Waals surface area contributed by atoms with Crippen molar-refractivity contribution in [1.29, 1.82) is 0 Å². The number of rotatable bonds is 4. The van der Waals surface area contributed by atoms with Gasteiger partial charge in [-0.15, -0.1) is 0 Å². The minimum Gasteiger partial charge on any atom is -0.454 e. The maximum absolute atomic E-state index is 12.6. The first-order chi connectivity index (χ1) is 14.0. The summed E-state index contributed by atoms with van der Waals surface area (Å²) in [6.07, 6.45) is 2.85. The van der Waals surface area contributed by atoms with Crippen molar-refractivity contribution in [2.45, 2.75) is 6.92 Å². The van der Waals surface area contributed by atoms with E-state index in [1.54, 1.807) is 4.90 Å². The summed E-state index contributed by atoms with van der Waals surface area (Å²) >= 11 is 0. The van der Waals surface area contributed by atoms with Crippen LogP contribution >= 0.6 is 0 Å². The molecule has 29 heavy (non-hydrogen) atoms. The van der Waals surface area contributed by atoms with Crippen molar-refractivity contribution < 1.29 is 19.2 Å². The van der Waals surface area contributed by atoms with Gasteiger partial charge in [-0.25, -0.2) is 0 Å². The van der Waals surface area contributed by atoms with Crippen LogP contribution in [-0.4, -0.2) is 48.7 Å². The second kappa shape index (κ2) is 7.83. The minimum atomic E-state index is -0.493. The molecule has 1 saturated heterocycles. The van der Waals surface area contributed by atoms with Crippen LogP contribution in [0.5, 0.6) is 11.5 Å². The molecule has 0 spiro atoms. The van der Waals surface area contributed by atoms with Crippen molar-refractivity contribution in [2.75, 3.05) is 37.9 Å². The van der Waals surface area contributed by atoms with Gasteiger partial charge in [0.2, 0.25) is 12.7 Å². The van der Waals surface area contributed by atoms with Crippen LogP contribution in [0.4, 0.5) is 11.4 Å². The maximum Gasteiger partial charge on any atom is 0.280 e. The number of fused-ring (bicyclic) bond motifs is 1. The fourth-order valence-electron chi connectivity index (χ4n) is 3.59. The van der Waals surface area contributed by atoms with Gasteiger partial charge in [0.05, 0.1) is 16.6 Å². The van der Waals surface area contributed by atoms with E-state index < -0.39 is 4.92 Å². The molecule has 8 nitrogen and oxygen atoms in total. The topological polar surface area (TPSA) is 85.2 Å². The molecule has 2 aromatic rings. The van der Waals surface area contributed by atoms with E-state index in [0.29, 0.717) is 30.2 Å². The molecule has 1 fully saturated rings. The van der Waals surface area contributed by atoms with E-state index in [0.717, 1.165) is 13.1 Å². The number of ether oxygens (including phenoxy) is 2. The standard InChI is InChI=1S/C21H21N3O5/c1-15-4-2-3-5-17(15)22-8-10-23(11-9-22)21(25)7-6-16-12-19-20(29-14-28-19)13-18(16)24(26)27/h2-7,12-13H,8-11,14H2,1H3/b7-6+. The highest BCUT2D eigenvalue weighted by Crippen LogP contribution is 2.38. The number of aryl methyl sites for hydroxylation is 1. The van der Waals surface area contributed by atoms with Gasteiger partial charge in [-0.1, -0.05) is 18.2 Å². The van der Waals surface area contributed by atoms with Crippen molar-refractivity contribution in [3.8, 4) is 11.5 Å². The molecule has 0 bridgehead atoms. The first kappa shape index (κ1) is 18.8. The molecule has 4 rings (SSSR count). The number of hydrogen-bond acceptors (Lipinski definition) is 6. The molecule has 150 valence electrons. The molecule has 2 aromatic carbocycles. The molecule has 1 amide bonds. The number of hydrogen-bond donors (Lipinski definition) is 0. The third-order valence-electron chi connectivity index (χ3n) is 5.17. The molecule has 8 heteroatoms. The summed E-state index contributed by atoms with van der Waals surface area (Å²) in [7, 11) is 0. The summed E-state index contributed by atoms with van der Waals surface area (Å²) in [5, 5.41) is 11.3. The number of carbonyl (C=O) groups is 1. The van der Waals surface area contributed by atoms with Gasteiger partial charge in [0.1, 0.15) is 0 Å². The Labute approximate surface area is 168 Å². The summed E-state index contributed by atoms with van der Waals surface area (Å²) in [4.78, 5) is 27.5. The Balaban J connectivity index is 1.44. The molecular formula is C21H21N3O5. The lowest BCUT2D eigenvalue weighted by atomic mass is 10.1. The van der Waals surface area contributed by atoms with Crippen LogP contribution in [0.2, 0.25) is 0 Å². The second-order valence-electron chi connectivity index (χ2n) is 6.95. The van der Waals surface area contributed by atoms with Gasteiger partial charge in [0, 0.05) is 37.9 Å². The van der Waals surface area contributed by atoms with Gasteiger partial charge >= 0.3 is 0 Å². The number of nitro groups is 1. The zero-order valence-corrected chi connectivity index (χ0v) is 16.0. The van der Waals surface area contributed by atoms with Gasteiger partial charge in [0.25, 0.3) is 5.69 Å². The van der Waals surface area contributed by atoms with Crippen molar-refractivity contribution in [1.82, 2.24) is 4.90 Å². The predicted molar refractivity (Wildman–Crippen MR) is 108 cm³/mol. The Kier molecular flexibility index (Phi) is 5.07. The van der Waals surface area contributed by atoms with Crippen LogP contribution < -0.4 is 14.4 Å². The number of benzene rings is 2. The number of nitro benzene ring substituents is 1. The molecule has 0 N–H and O–H groups in total. The van der Waals surface area contributed by atoms with E-state index in [1.165, 1.54) is 35.5 Å². The van der Waals surface area contributed by atoms with Gasteiger partial charge in [-0.3, -0.25) is 14.9 Å². The van der Waals surface area contributed by atoms with Crippen LogP contribution in [0.3, 0.4) is 0 Å². The van der Waals surface area contributed by atoms with E-state index >= 15 is 0 Å². The monoisotopic (exact) mass is 395 g/mol. The highest BCUT2D eigenvalue weighted by molar-refractivity contribution is 5.92. The predicted octanol–water partition coefficient (Wildman–Crippen LogP) is 2.99. The largest absolute Gasteiger partial charge is 0.454 e. The number of nitrogens with zero attached hydrogens (tertiary/aromatic N) is 3. The summed E-state index contributed by atoms with van der Waals surface area (Å²) in [5.74, 6) is 0.614. The number of amides is 1. The Morgan fingerprint density at radius 1 is 1.10 bits per heavy atom. The normalized spacial score (nSPS) is 15.8. The highest BCUT2D eigenvalue weighted by atomic mass is 16.7. The lowest BCUT2D eigenvalue weighted by molar-refractivity contribution is -0.385. The first-order valence-electron chi connectivity index (χ1n) is 9.38. The Morgan fingerprint density at radius 3 is 2.48 bits per heavy atom. The van der Waals surface area contributed by atoms with E-state index in [4.69, 9.17) is 9.47 Å². The molecule has 0 aliphatic carbocycles. The van der Waals surface area contributed by atoms with E-state index in [2.05, 4.69) is 24.0 Å². The fourth-order valence-corrected chi connectivity index (χ4v) is 3.59. The summed E-state index contributed by atoms with van der Waals surface area (Å²) < 4.78 is 10.5. The Hall–Kier alpha value is -3.55. The van der Waals surface area contributed by atoms with E-state index in [1.807, 2.05) is 12.1 Å². The van der Waals surface area contributed by atoms with Gasteiger partial charge in [0.15, 0.2) is 11.5 Å². The van der Waals surface area contributed by atoms with Crippen molar-refractivity contribution in [3.05, 3.63) is 63.7 Å². The third kappa shape index (κ3) is 3.87. The molecule has 2 aliphatic heterocycles. The summed E-state index contributed by atoms with van der Waals surface area (Å²) in [6.45, 7) is 4.79. The molecule has 0 atom stereocenters. The van der Waals surface area contributed by atoms with Gasteiger partial charge in [-0.2, -0.15) is 0 Å². The third-order valence-corrected chi connectivity index (χ3v) is 5.17. The zero-order valence-electron chi connectivity index (χ0n) is 16.0. The summed E-state index contributed by atoms with van der Waals surface area (Å²) in [5.41, 5.74) is 2.59. The average molecular weight is 395 g/mol. The molecule has 0 aromatic heterocycles. The Bertz CT molecular complexity index is 980. The molecule has 2 heterocycles. The smallest absolute Gasteiger partial charge is 0.280 e. The minimum absolute atomic E-state index is 0.0315. The van der Waals surface area contributed by atoms with Crippen molar-refractivity contribution in [3.63, 3.8) is 0 Å². The number of anilines is 1. The average Bonchev–Trinajstić information content (AvgIpc) is 3.19. The zero-order chi connectivity index (χ0) is 20.4. The van der Waals surface area contributed by atoms with E-state index in [9.17, 15) is 14.9 Å². The van der Waals surface area contributed by atoms with Crippen LogP contribution in [0.1, 0.15) is 11.1 Å². The molecular weight excluding hydrogens is 374 g/mol. The van der Waals surface area contributed by atoms with Crippen LogP contribution in [0.25, 0.3) is 6.08 Å². The van der Waals surface area contributed by atoms with Crippen LogP contribution in [0.15, 0.2) is 42.5 Å². The lowest BCUT2D eigenvalue weighted by Gasteiger charge is -2.36. The van der Waals surface area contributed by atoms with Crippen LogP contribution in [0, 0.1) is 17.0 Å². The van der Waals surface area contributed by atoms with E-state index in [-0.39, 0.29) is 18.4 Å². The first-order valence-corrected chi connectivity index (χ1v) is 9.38. The number of piperazine rings is 1. The SMILES string of the molecule is Cc1ccccc1N1CCN(C(=O)/C=C/c2cc3c(cc2[N+](=O)[O-])OCO3)CC1. The van der Waals surface area contributed by atoms with Crippen molar-refractivity contribution >= 4 is 23.4 Å². The van der Waals surface area contributed by atoms with Gasteiger partial charge < -0.3 is 19.3 Å². The lowest BCUT2D eigenvalue weighted by Crippen LogP contribution is -2.48. The quantitative estimate of drug-likeness (QED) is 0.449. The molecule has 0 saturated carbocycles. The number of carbonyl (C=O) groups excluding carboxylic acids is 1. The molecule has 0 radical (unpaired) electrons. The highest BCUT2D eigenvalue weighted by Gasteiger charge is 2.23. The Morgan fingerprint density at radius 2 is 1.79 bits per heavy atom. The number of para-hydroxylation sites is 1. The fraction of sp³-hybridized carbons (Fsp3) is 0.286. The van der Waals surface area contributed by atoms with Crippen LogP contribution in [-0.2, 0) is 4.79 Å². The van der Waals surface area contributed by atoms with Gasteiger partial charge in [-0.05, 0) is 30.7 Å². The van der Waals surface area contributed by atoms with Crippen molar-refractivity contribution in [2.24, 2.45) is 0 Å². The molecule has 2 aliphatic rings.